The molecule has 0 saturated heterocycles. The molecule has 2 aliphatic heterocycles. The molecule has 3 nitrogen and oxygen atoms in total. The Hall–Kier alpha value is -1.07. The molecule has 5 heteroatoms. The van der Waals surface area contributed by atoms with Gasteiger partial charge in [-0.3, -0.25) is 0 Å². The number of benzene rings is 1. The second-order valence-corrected chi connectivity index (χ2v) is 4.83. The van der Waals surface area contributed by atoms with Crippen LogP contribution in [0.3, 0.4) is 0 Å². The topological polar surface area (TPSA) is 27.7 Å². The predicted octanol–water partition coefficient (Wildman–Crippen LogP) is 3.25. The van der Waals surface area contributed by atoms with Crippen LogP contribution in [0.5, 0.6) is 11.5 Å². The van der Waals surface area contributed by atoms with E-state index >= 15 is 0 Å². The standard InChI is InChI=1S/C12H10BrFO3/c1-15-7-4-6(14)12(16-2)10-8-3-5(13)11(17-8)9(7)10/h3-4,8,11H,1-2H3. The van der Waals surface area contributed by atoms with Crippen molar-refractivity contribution in [3.63, 3.8) is 0 Å². The van der Waals surface area contributed by atoms with Crippen molar-refractivity contribution in [2.24, 2.45) is 0 Å². The number of methoxy groups -OCH3 is 2. The second-order valence-electron chi connectivity index (χ2n) is 3.91. The van der Waals surface area contributed by atoms with Crippen molar-refractivity contribution in [1.29, 1.82) is 0 Å². The lowest BCUT2D eigenvalue weighted by molar-refractivity contribution is 0.0850. The average molecular weight is 301 g/mol. The van der Waals surface area contributed by atoms with Gasteiger partial charge in [0.15, 0.2) is 11.6 Å². The van der Waals surface area contributed by atoms with Crippen molar-refractivity contribution < 1.29 is 18.6 Å². The third-order valence-electron chi connectivity index (χ3n) is 3.09. The van der Waals surface area contributed by atoms with Gasteiger partial charge in [0.1, 0.15) is 18.0 Å². The van der Waals surface area contributed by atoms with Crippen LogP contribution in [-0.2, 0) is 4.74 Å². The minimum absolute atomic E-state index is 0.209. The van der Waals surface area contributed by atoms with Crippen molar-refractivity contribution in [2.45, 2.75) is 12.2 Å². The monoisotopic (exact) mass is 300 g/mol. The van der Waals surface area contributed by atoms with Gasteiger partial charge in [0.25, 0.3) is 0 Å². The van der Waals surface area contributed by atoms with Crippen LogP contribution in [0.4, 0.5) is 4.39 Å². The molecule has 0 amide bonds. The molecule has 17 heavy (non-hydrogen) atoms. The summed E-state index contributed by atoms with van der Waals surface area (Å²) in [5, 5.41) is 0. The van der Waals surface area contributed by atoms with Crippen molar-refractivity contribution in [3.8, 4) is 11.5 Å². The smallest absolute Gasteiger partial charge is 0.169 e. The van der Waals surface area contributed by atoms with E-state index in [0.29, 0.717) is 5.75 Å². The summed E-state index contributed by atoms with van der Waals surface area (Å²) < 4.78 is 30.8. The van der Waals surface area contributed by atoms with E-state index in [9.17, 15) is 4.39 Å². The lowest BCUT2D eigenvalue weighted by atomic mass is 9.94. The fraction of sp³-hybridized carbons (Fsp3) is 0.333. The number of hydrogen-bond donors (Lipinski definition) is 0. The van der Waals surface area contributed by atoms with Gasteiger partial charge >= 0.3 is 0 Å². The summed E-state index contributed by atoms with van der Waals surface area (Å²) in [6.45, 7) is 0. The molecule has 90 valence electrons. The van der Waals surface area contributed by atoms with Crippen LogP contribution >= 0.6 is 15.9 Å². The molecule has 1 aromatic carbocycles. The van der Waals surface area contributed by atoms with Gasteiger partial charge in [0.05, 0.1) is 14.2 Å². The van der Waals surface area contributed by atoms with Crippen molar-refractivity contribution in [3.05, 3.63) is 33.6 Å². The number of hydrogen-bond acceptors (Lipinski definition) is 3. The zero-order chi connectivity index (χ0) is 12.2. The number of ether oxygens (including phenoxy) is 3. The molecule has 0 aromatic heterocycles. The van der Waals surface area contributed by atoms with Gasteiger partial charge < -0.3 is 14.2 Å². The molecule has 2 bridgehead atoms. The van der Waals surface area contributed by atoms with Gasteiger partial charge in [-0.05, 0) is 6.08 Å². The Morgan fingerprint density at radius 3 is 2.71 bits per heavy atom. The molecule has 0 aliphatic carbocycles. The highest BCUT2D eigenvalue weighted by molar-refractivity contribution is 9.11. The largest absolute Gasteiger partial charge is 0.496 e. The summed E-state index contributed by atoms with van der Waals surface area (Å²) in [7, 11) is 2.97. The summed E-state index contributed by atoms with van der Waals surface area (Å²) in [4.78, 5) is 0. The molecule has 2 unspecified atom stereocenters. The fourth-order valence-corrected chi connectivity index (χ4v) is 2.99. The van der Waals surface area contributed by atoms with Gasteiger partial charge in [-0.15, -0.1) is 0 Å². The average Bonchev–Trinajstić information content (AvgIpc) is 2.85. The van der Waals surface area contributed by atoms with Gasteiger partial charge in [-0.1, -0.05) is 15.9 Å². The van der Waals surface area contributed by atoms with E-state index in [-0.39, 0.29) is 18.0 Å². The zero-order valence-electron chi connectivity index (χ0n) is 9.29. The Balaban J connectivity index is 2.28. The molecule has 0 spiro atoms. The number of rotatable bonds is 2. The van der Waals surface area contributed by atoms with Crippen molar-refractivity contribution in [1.82, 2.24) is 0 Å². The summed E-state index contributed by atoms with van der Waals surface area (Å²) in [5.74, 6) is 0.309. The molecule has 3 rings (SSSR count). The summed E-state index contributed by atoms with van der Waals surface area (Å²) in [6.07, 6.45) is 1.44. The van der Waals surface area contributed by atoms with E-state index in [1.807, 2.05) is 6.08 Å². The first-order chi connectivity index (χ1) is 8.17. The van der Waals surface area contributed by atoms with E-state index in [4.69, 9.17) is 14.2 Å². The zero-order valence-corrected chi connectivity index (χ0v) is 10.9. The van der Waals surface area contributed by atoms with Gasteiger partial charge in [-0.25, -0.2) is 4.39 Å². The van der Waals surface area contributed by atoms with E-state index < -0.39 is 5.82 Å². The maximum absolute atomic E-state index is 13.8. The summed E-state index contributed by atoms with van der Waals surface area (Å²) in [5.41, 5.74) is 1.59. The van der Waals surface area contributed by atoms with Crippen LogP contribution in [0.15, 0.2) is 16.6 Å². The normalized spacial score (nSPS) is 24.6. The Labute approximate surface area is 106 Å². The van der Waals surface area contributed by atoms with Gasteiger partial charge in [-0.2, -0.15) is 0 Å². The third-order valence-corrected chi connectivity index (χ3v) is 3.77. The number of fused-ring (bicyclic) bond motifs is 5. The highest BCUT2D eigenvalue weighted by Gasteiger charge is 2.43. The van der Waals surface area contributed by atoms with E-state index in [0.717, 1.165) is 15.6 Å². The van der Waals surface area contributed by atoms with Crippen LogP contribution in [0.25, 0.3) is 0 Å². The molecule has 0 N–H and O–H groups in total. The van der Waals surface area contributed by atoms with Crippen molar-refractivity contribution in [2.75, 3.05) is 14.2 Å². The predicted molar refractivity (Wildman–Crippen MR) is 63.1 cm³/mol. The Bertz CT molecular complexity index is 527. The van der Waals surface area contributed by atoms with Crippen LogP contribution < -0.4 is 9.47 Å². The lowest BCUT2D eigenvalue weighted by Gasteiger charge is -2.17. The van der Waals surface area contributed by atoms with E-state index in [1.54, 1.807) is 0 Å². The van der Waals surface area contributed by atoms with Crippen LogP contribution in [-0.4, -0.2) is 14.2 Å². The summed E-state index contributed by atoms with van der Waals surface area (Å²) in [6, 6.07) is 1.34. The maximum atomic E-state index is 13.8. The fourth-order valence-electron chi connectivity index (χ4n) is 2.41. The highest BCUT2D eigenvalue weighted by Crippen LogP contribution is 2.57. The first-order valence-electron chi connectivity index (χ1n) is 5.14. The number of halogens is 2. The molecule has 0 fully saturated rings. The van der Waals surface area contributed by atoms with Crippen molar-refractivity contribution >= 4 is 15.9 Å². The first-order valence-corrected chi connectivity index (χ1v) is 5.93. The van der Waals surface area contributed by atoms with Gasteiger partial charge in [0.2, 0.25) is 0 Å². The highest BCUT2D eigenvalue weighted by atomic mass is 79.9. The maximum Gasteiger partial charge on any atom is 0.169 e. The molecule has 2 aliphatic rings. The minimum atomic E-state index is -0.427. The molecule has 2 atom stereocenters. The lowest BCUT2D eigenvalue weighted by Crippen LogP contribution is -2.04. The molecule has 0 saturated carbocycles. The van der Waals surface area contributed by atoms with E-state index in [1.165, 1.54) is 20.3 Å². The minimum Gasteiger partial charge on any atom is -0.496 e. The van der Waals surface area contributed by atoms with E-state index in [2.05, 4.69) is 15.9 Å². The first kappa shape index (κ1) is 11.0. The Morgan fingerprint density at radius 1 is 1.29 bits per heavy atom. The Morgan fingerprint density at radius 2 is 2.06 bits per heavy atom. The van der Waals surface area contributed by atoms with Crippen LogP contribution in [0, 0.1) is 5.82 Å². The molecular weight excluding hydrogens is 291 g/mol. The quantitative estimate of drug-likeness (QED) is 0.839. The second kappa shape index (κ2) is 3.71. The molecule has 1 aromatic rings. The Kier molecular flexibility index (Phi) is 2.41. The SMILES string of the molecule is COc1cc(F)c(OC)c2c1C1OC2C=C1Br. The molecule has 0 radical (unpaired) electrons. The molecular formula is C12H10BrFO3. The summed E-state index contributed by atoms with van der Waals surface area (Å²) >= 11 is 3.44. The van der Waals surface area contributed by atoms with Crippen LogP contribution in [0.2, 0.25) is 0 Å². The van der Waals surface area contributed by atoms with Crippen LogP contribution in [0.1, 0.15) is 23.3 Å². The third kappa shape index (κ3) is 1.35. The molecule has 2 heterocycles. The van der Waals surface area contributed by atoms with Gasteiger partial charge in [0, 0.05) is 21.7 Å².